The fourth-order valence-corrected chi connectivity index (χ4v) is 2.01. The lowest BCUT2D eigenvalue weighted by Gasteiger charge is -2.00. The van der Waals surface area contributed by atoms with Gasteiger partial charge in [0.1, 0.15) is 0 Å². The van der Waals surface area contributed by atoms with E-state index >= 15 is 0 Å². The Morgan fingerprint density at radius 3 is 3.07 bits per heavy atom. The standard InChI is InChI=1S/C12H17N3/c1-2-11-9(4-3-6-13)10-8-14-7-5-12(10)15-11/h5,7-8,15H,2-4,6,13H2,1H3. The highest BCUT2D eigenvalue weighted by molar-refractivity contribution is 5.83. The normalized spacial score (nSPS) is 11.1. The SMILES string of the molecule is CCc1[nH]c2ccncc2c1CCCN. The van der Waals surface area contributed by atoms with Crippen LogP contribution in [0.15, 0.2) is 18.5 Å². The predicted molar refractivity (Wildman–Crippen MR) is 62.8 cm³/mol. The zero-order valence-corrected chi connectivity index (χ0v) is 9.09. The summed E-state index contributed by atoms with van der Waals surface area (Å²) in [6.45, 7) is 2.92. The lowest BCUT2D eigenvalue weighted by atomic mass is 10.1. The van der Waals surface area contributed by atoms with Crippen molar-refractivity contribution in [2.24, 2.45) is 5.73 Å². The molecule has 0 fully saturated rings. The second kappa shape index (κ2) is 4.45. The minimum Gasteiger partial charge on any atom is -0.358 e. The van der Waals surface area contributed by atoms with Gasteiger partial charge in [0.05, 0.1) is 0 Å². The third-order valence-electron chi connectivity index (χ3n) is 2.78. The molecule has 0 spiro atoms. The van der Waals surface area contributed by atoms with Crippen molar-refractivity contribution in [2.45, 2.75) is 26.2 Å². The molecule has 80 valence electrons. The smallest absolute Gasteiger partial charge is 0.0490 e. The number of nitrogens with zero attached hydrogens (tertiary/aromatic N) is 1. The van der Waals surface area contributed by atoms with E-state index in [0.29, 0.717) is 0 Å². The van der Waals surface area contributed by atoms with Gasteiger partial charge in [-0.2, -0.15) is 0 Å². The fourth-order valence-electron chi connectivity index (χ4n) is 2.01. The molecule has 15 heavy (non-hydrogen) atoms. The van der Waals surface area contributed by atoms with Crippen LogP contribution in [0.5, 0.6) is 0 Å². The summed E-state index contributed by atoms with van der Waals surface area (Å²) in [6.07, 6.45) is 6.89. The van der Waals surface area contributed by atoms with E-state index < -0.39 is 0 Å². The molecule has 2 heterocycles. The Kier molecular flexibility index (Phi) is 3.02. The number of hydrogen-bond donors (Lipinski definition) is 2. The van der Waals surface area contributed by atoms with Gasteiger partial charge >= 0.3 is 0 Å². The molecule has 0 bridgehead atoms. The van der Waals surface area contributed by atoms with Crippen molar-refractivity contribution >= 4 is 10.9 Å². The van der Waals surface area contributed by atoms with Gasteiger partial charge in [0.15, 0.2) is 0 Å². The van der Waals surface area contributed by atoms with Crippen LogP contribution in [0.4, 0.5) is 0 Å². The molecule has 3 heteroatoms. The summed E-state index contributed by atoms with van der Waals surface area (Å²) in [5, 5.41) is 1.25. The van der Waals surface area contributed by atoms with Crippen molar-refractivity contribution in [1.82, 2.24) is 9.97 Å². The number of nitrogens with one attached hydrogen (secondary N) is 1. The molecule has 0 atom stereocenters. The zero-order valence-electron chi connectivity index (χ0n) is 9.09. The Bertz CT molecular complexity index is 445. The molecule has 3 N–H and O–H groups in total. The third kappa shape index (κ3) is 1.88. The molecule has 0 saturated carbocycles. The Hall–Kier alpha value is -1.35. The summed E-state index contributed by atoms with van der Waals surface area (Å²) in [5.74, 6) is 0. The summed E-state index contributed by atoms with van der Waals surface area (Å²) in [4.78, 5) is 7.62. The fraction of sp³-hybridized carbons (Fsp3) is 0.417. The Morgan fingerprint density at radius 1 is 1.47 bits per heavy atom. The second-order valence-electron chi connectivity index (χ2n) is 3.75. The van der Waals surface area contributed by atoms with Crippen LogP contribution in [-0.2, 0) is 12.8 Å². The van der Waals surface area contributed by atoms with Crippen LogP contribution >= 0.6 is 0 Å². The number of aryl methyl sites for hydroxylation is 2. The van der Waals surface area contributed by atoms with Gasteiger partial charge < -0.3 is 10.7 Å². The van der Waals surface area contributed by atoms with E-state index in [1.807, 2.05) is 18.5 Å². The molecule has 2 aromatic rings. The molecule has 0 aliphatic carbocycles. The van der Waals surface area contributed by atoms with Crippen LogP contribution in [0, 0.1) is 0 Å². The van der Waals surface area contributed by atoms with Crippen molar-refractivity contribution in [1.29, 1.82) is 0 Å². The summed E-state index contributed by atoms with van der Waals surface area (Å²) in [6, 6.07) is 2.03. The van der Waals surface area contributed by atoms with Crippen molar-refractivity contribution in [3.05, 3.63) is 29.7 Å². The Morgan fingerprint density at radius 2 is 2.33 bits per heavy atom. The van der Waals surface area contributed by atoms with E-state index in [9.17, 15) is 0 Å². The molecule has 0 aliphatic rings. The van der Waals surface area contributed by atoms with Crippen molar-refractivity contribution in [3.63, 3.8) is 0 Å². The first-order valence-electron chi connectivity index (χ1n) is 5.50. The van der Waals surface area contributed by atoms with Gasteiger partial charge in [0, 0.05) is 29.0 Å². The lowest BCUT2D eigenvalue weighted by Crippen LogP contribution is -2.01. The number of nitrogens with two attached hydrogens (primary N) is 1. The molecule has 0 radical (unpaired) electrons. The second-order valence-corrected chi connectivity index (χ2v) is 3.75. The predicted octanol–water partition coefficient (Wildman–Crippen LogP) is 2.02. The van der Waals surface area contributed by atoms with E-state index in [1.54, 1.807) is 0 Å². The van der Waals surface area contributed by atoms with Gasteiger partial charge in [-0.15, -0.1) is 0 Å². The summed E-state index contributed by atoms with van der Waals surface area (Å²) >= 11 is 0. The van der Waals surface area contributed by atoms with Crippen LogP contribution in [0.2, 0.25) is 0 Å². The molecule has 0 amide bonds. The van der Waals surface area contributed by atoms with Crippen LogP contribution in [0.1, 0.15) is 24.6 Å². The number of hydrogen-bond acceptors (Lipinski definition) is 2. The Balaban J connectivity index is 2.47. The number of pyridine rings is 1. The maximum Gasteiger partial charge on any atom is 0.0490 e. The summed E-state index contributed by atoms with van der Waals surface area (Å²) in [7, 11) is 0. The van der Waals surface area contributed by atoms with Crippen LogP contribution < -0.4 is 5.73 Å². The van der Waals surface area contributed by atoms with E-state index in [2.05, 4.69) is 16.9 Å². The van der Waals surface area contributed by atoms with Gasteiger partial charge in [-0.1, -0.05) is 6.92 Å². The topological polar surface area (TPSA) is 54.7 Å². The first-order chi connectivity index (χ1) is 7.36. The molecule has 2 rings (SSSR count). The highest BCUT2D eigenvalue weighted by atomic mass is 14.7. The van der Waals surface area contributed by atoms with E-state index in [4.69, 9.17) is 5.73 Å². The maximum absolute atomic E-state index is 5.55. The van der Waals surface area contributed by atoms with Gasteiger partial charge in [0.2, 0.25) is 0 Å². The number of aromatic amines is 1. The monoisotopic (exact) mass is 203 g/mol. The highest BCUT2D eigenvalue weighted by Crippen LogP contribution is 2.23. The van der Waals surface area contributed by atoms with Crippen LogP contribution in [0.3, 0.4) is 0 Å². The van der Waals surface area contributed by atoms with E-state index in [0.717, 1.165) is 25.8 Å². The highest BCUT2D eigenvalue weighted by Gasteiger charge is 2.08. The number of fused-ring (bicyclic) bond motifs is 1. The van der Waals surface area contributed by atoms with E-state index in [-0.39, 0.29) is 0 Å². The molecular weight excluding hydrogens is 186 g/mol. The third-order valence-corrected chi connectivity index (χ3v) is 2.78. The number of rotatable bonds is 4. The molecule has 0 aliphatic heterocycles. The van der Waals surface area contributed by atoms with Gasteiger partial charge in [0.25, 0.3) is 0 Å². The zero-order chi connectivity index (χ0) is 10.7. The largest absolute Gasteiger partial charge is 0.358 e. The number of aromatic nitrogens is 2. The minimum atomic E-state index is 0.746. The van der Waals surface area contributed by atoms with Crippen molar-refractivity contribution < 1.29 is 0 Å². The summed E-state index contributed by atoms with van der Waals surface area (Å²) in [5.41, 5.74) is 9.46. The van der Waals surface area contributed by atoms with Crippen molar-refractivity contribution in [2.75, 3.05) is 6.54 Å². The van der Waals surface area contributed by atoms with Gasteiger partial charge in [-0.05, 0) is 37.4 Å². The molecule has 0 saturated heterocycles. The molecule has 2 aromatic heterocycles. The first-order valence-corrected chi connectivity index (χ1v) is 5.50. The molecular formula is C12H17N3. The molecule has 0 aromatic carbocycles. The lowest BCUT2D eigenvalue weighted by molar-refractivity contribution is 0.824. The summed E-state index contributed by atoms with van der Waals surface area (Å²) < 4.78 is 0. The van der Waals surface area contributed by atoms with Crippen LogP contribution in [-0.4, -0.2) is 16.5 Å². The van der Waals surface area contributed by atoms with Gasteiger partial charge in [-0.25, -0.2) is 0 Å². The van der Waals surface area contributed by atoms with E-state index in [1.165, 1.54) is 22.2 Å². The Labute approximate surface area is 89.7 Å². The maximum atomic E-state index is 5.55. The minimum absolute atomic E-state index is 0.746. The quantitative estimate of drug-likeness (QED) is 0.798. The molecule has 3 nitrogen and oxygen atoms in total. The van der Waals surface area contributed by atoms with Gasteiger partial charge in [-0.3, -0.25) is 4.98 Å². The van der Waals surface area contributed by atoms with Crippen molar-refractivity contribution in [3.8, 4) is 0 Å². The first kappa shape index (κ1) is 10.2. The number of H-pyrrole nitrogens is 1. The molecule has 0 unspecified atom stereocenters. The van der Waals surface area contributed by atoms with Crippen LogP contribution in [0.25, 0.3) is 10.9 Å². The average molecular weight is 203 g/mol. The average Bonchev–Trinajstić information content (AvgIpc) is 2.64.